The van der Waals surface area contributed by atoms with Crippen LogP contribution in [0.2, 0.25) is 0 Å². The Balaban J connectivity index is -0.0000000480. The van der Waals surface area contributed by atoms with Crippen molar-refractivity contribution in [3.63, 3.8) is 0 Å². The van der Waals surface area contributed by atoms with Gasteiger partial charge < -0.3 is 0 Å². The Morgan fingerprint density at radius 2 is 1.14 bits per heavy atom. The van der Waals surface area contributed by atoms with Crippen molar-refractivity contribution in [2.45, 2.75) is 26.7 Å². The SMILES string of the molecule is C=C.CCCC.P. The molecular formula is C6H17P. The van der Waals surface area contributed by atoms with E-state index in [1.54, 1.807) is 0 Å². The molecule has 0 aromatic heterocycles. The Kier molecular flexibility index (Phi) is 78.5. The first-order valence-electron chi connectivity index (χ1n) is 2.41. The van der Waals surface area contributed by atoms with Gasteiger partial charge >= 0.3 is 0 Å². The molecule has 0 aliphatic rings. The zero-order chi connectivity index (χ0) is 5.41. The van der Waals surface area contributed by atoms with Gasteiger partial charge in [-0.1, -0.05) is 26.7 Å². The quantitative estimate of drug-likeness (QED) is 0.368. The summed E-state index contributed by atoms with van der Waals surface area (Å²) in [5.41, 5.74) is 0. The highest BCUT2D eigenvalue weighted by molar-refractivity contribution is 6.92. The third-order valence-electron chi connectivity index (χ3n) is 0.500. The van der Waals surface area contributed by atoms with E-state index in [4.69, 9.17) is 0 Å². The predicted octanol–water partition coefficient (Wildman–Crippen LogP) is 2.67. The Bertz CT molecular complexity index is 11.7. The summed E-state index contributed by atoms with van der Waals surface area (Å²) in [4.78, 5) is 0. The molecule has 0 aromatic carbocycles. The van der Waals surface area contributed by atoms with E-state index < -0.39 is 0 Å². The molecule has 0 saturated heterocycles. The van der Waals surface area contributed by atoms with E-state index in [9.17, 15) is 0 Å². The minimum Gasteiger partial charge on any atom is -0.153 e. The molecule has 0 amide bonds. The van der Waals surface area contributed by atoms with Crippen LogP contribution >= 0.6 is 9.90 Å². The van der Waals surface area contributed by atoms with E-state index in [-0.39, 0.29) is 9.90 Å². The standard InChI is InChI=1S/C4H10.C2H4.H3P/c1-3-4-2;1-2;/h3-4H2,1-2H3;1-2H2;1H3. The second kappa shape index (κ2) is 35.0. The van der Waals surface area contributed by atoms with Gasteiger partial charge in [-0.15, -0.1) is 13.2 Å². The van der Waals surface area contributed by atoms with Crippen LogP contribution in [0.15, 0.2) is 13.2 Å². The highest BCUT2D eigenvalue weighted by Crippen LogP contribution is 1.76. The summed E-state index contributed by atoms with van der Waals surface area (Å²) in [7, 11) is 0. The number of rotatable bonds is 1. The average Bonchev–Trinajstić information content (AvgIpc) is 1.72. The Hall–Kier alpha value is 0.170. The largest absolute Gasteiger partial charge is 0.153 e. The van der Waals surface area contributed by atoms with Gasteiger partial charge in [-0.25, -0.2) is 0 Å². The predicted molar refractivity (Wildman–Crippen MR) is 42.9 cm³/mol. The fourth-order valence-corrected chi connectivity index (χ4v) is 0. The molecule has 0 aromatic rings. The van der Waals surface area contributed by atoms with Crippen molar-refractivity contribution in [1.82, 2.24) is 0 Å². The van der Waals surface area contributed by atoms with Crippen molar-refractivity contribution in [2.24, 2.45) is 0 Å². The lowest BCUT2D eigenvalue weighted by Gasteiger charge is -1.68. The summed E-state index contributed by atoms with van der Waals surface area (Å²) >= 11 is 0. The maximum atomic E-state index is 3.00. The molecule has 0 rings (SSSR count). The third-order valence-corrected chi connectivity index (χ3v) is 0.500. The lowest BCUT2D eigenvalue weighted by Crippen LogP contribution is -1.47. The molecule has 0 aliphatic carbocycles. The lowest BCUT2D eigenvalue weighted by atomic mass is 10.4. The number of hydrogen-bond donors (Lipinski definition) is 0. The molecular weight excluding hydrogens is 103 g/mol. The Morgan fingerprint density at radius 1 is 1.00 bits per heavy atom. The zero-order valence-electron chi connectivity index (χ0n) is 5.54. The van der Waals surface area contributed by atoms with Gasteiger partial charge in [0.15, 0.2) is 0 Å². The molecule has 0 radical (unpaired) electrons. The van der Waals surface area contributed by atoms with Gasteiger partial charge in [0.1, 0.15) is 0 Å². The minimum atomic E-state index is 0. The van der Waals surface area contributed by atoms with Crippen LogP contribution in [-0.4, -0.2) is 0 Å². The summed E-state index contributed by atoms with van der Waals surface area (Å²) < 4.78 is 0. The van der Waals surface area contributed by atoms with Crippen LogP contribution in [0.3, 0.4) is 0 Å². The van der Waals surface area contributed by atoms with Crippen LogP contribution in [0.25, 0.3) is 0 Å². The molecule has 1 atom stereocenters. The molecule has 0 aliphatic heterocycles. The molecule has 0 saturated carbocycles. The summed E-state index contributed by atoms with van der Waals surface area (Å²) in [6.45, 7) is 10.4. The fraction of sp³-hybridized carbons (Fsp3) is 0.667. The summed E-state index contributed by atoms with van der Waals surface area (Å²) in [5.74, 6) is 0. The number of hydrogen-bond acceptors (Lipinski definition) is 0. The van der Waals surface area contributed by atoms with Gasteiger partial charge in [-0.2, -0.15) is 9.90 Å². The van der Waals surface area contributed by atoms with Gasteiger partial charge in [0.2, 0.25) is 0 Å². The Morgan fingerprint density at radius 3 is 1.14 bits per heavy atom. The van der Waals surface area contributed by atoms with Crippen LogP contribution in [0, 0.1) is 0 Å². The van der Waals surface area contributed by atoms with E-state index in [1.165, 1.54) is 12.8 Å². The summed E-state index contributed by atoms with van der Waals surface area (Å²) in [5, 5.41) is 0. The summed E-state index contributed by atoms with van der Waals surface area (Å²) in [6.07, 6.45) is 2.64. The third kappa shape index (κ3) is 78.4. The van der Waals surface area contributed by atoms with Gasteiger partial charge in [0.05, 0.1) is 0 Å². The highest BCUT2D eigenvalue weighted by atomic mass is 31.0. The van der Waals surface area contributed by atoms with Crippen LogP contribution in [0.4, 0.5) is 0 Å². The molecule has 1 unspecified atom stereocenters. The fourth-order valence-electron chi connectivity index (χ4n) is 0. The van der Waals surface area contributed by atoms with Crippen molar-refractivity contribution in [1.29, 1.82) is 0 Å². The normalized spacial score (nSPS) is 4.86. The molecule has 1 heteroatoms. The molecule has 7 heavy (non-hydrogen) atoms. The van der Waals surface area contributed by atoms with Crippen LogP contribution in [-0.2, 0) is 0 Å². The average molecular weight is 120 g/mol. The van der Waals surface area contributed by atoms with Gasteiger partial charge in [0.25, 0.3) is 0 Å². The van der Waals surface area contributed by atoms with Crippen LogP contribution in [0.1, 0.15) is 26.7 Å². The molecule has 0 nitrogen and oxygen atoms in total. The molecule has 0 spiro atoms. The molecule has 0 heterocycles. The molecule has 46 valence electrons. The van der Waals surface area contributed by atoms with Gasteiger partial charge in [-0.05, 0) is 0 Å². The maximum Gasteiger partial charge on any atom is -0.0564 e. The van der Waals surface area contributed by atoms with E-state index in [1.807, 2.05) is 0 Å². The van der Waals surface area contributed by atoms with Gasteiger partial charge in [-0.3, -0.25) is 0 Å². The molecule has 0 N–H and O–H groups in total. The van der Waals surface area contributed by atoms with Crippen molar-refractivity contribution >= 4 is 9.90 Å². The second-order valence-corrected chi connectivity index (χ2v) is 1.000. The van der Waals surface area contributed by atoms with Crippen molar-refractivity contribution in [2.75, 3.05) is 0 Å². The van der Waals surface area contributed by atoms with E-state index in [2.05, 4.69) is 27.0 Å². The zero-order valence-corrected chi connectivity index (χ0v) is 6.95. The van der Waals surface area contributed by atoms with Crippen LogP contribution in [0.5, 0.6) is 0 Å². The van der Waals surface area contributed by atoms with Crippen molar-refractivity contribution in [3.8, 4) is 0 Å². The second-order valence-electron chi connectivity index (χ2n) is 1.000. The first-order valence-corrected chi connectivity index (χ1v) is 2.41. The molecule has 0 bridgehead atoms. The van der Waals surface area contributed by atoms with E-state index in [0.29, 0.717) is 0 Å². The van der Waals surface area contributed by atoms with Crippen molar-refractivity contribution < 1.29 is 0 Å². The summed E-state index contributed by atoms with van der Waals surface area (Å²) in [6, 6.07) is 0. The number of unbranched alkanes of at least 4 members (excludes halogenated alkanes) is 1. The minimum absolute atomic E-state index is 0. The molecule has 0 fully saturated rings. The highest BCUT2D eigenvalue weighted by Gasteiger charge is 1.56. The topological polar surface area (TPSA) is 0 Å². The monoisotopic (exact) mass is 120 g/mol. The van der Waals surface area contributed by atoms with Gasteiger partial charge in [0, 0.05) is 0 Å². The maximum absolute atomic E-state index is 3.00. The first-order chi connectivity index (χ1) is 2.91. The van der Waals surface area contributed by atoms with Crippen LogP contribution < -0.4 is 0 Å². The smallest absolute Gasteiger partial charge is 0.0564 e. The van der Waals surface area contributed by atoms with Crippen molar-refractivity contribution in [3.05, 3.63) is 13.2 Å². The lowest BCUT2D eigenvalue weighted by molar-refractivity contribution is 0.886. The first kappa shape index (κ1) is 15.7. The Labute approximate surface area is 50.6 Å². The van der Waals surface area contributed by atoms with E-state index >= 15 is 0 Å². The van der Waals surface area contributed by atoms with E-state index in [0.717, 1.165) is 0 Å².